The van der Waals surface area contributed by atoms with Crippen LogP contribution in [-0.4, -0.2) is 60.5 Å². The fraction of sp³-hybridized carbons (Fsp3) is 0.321. The molecule has 1 fully saturated rings. The summed E-state index contributed by atoms with van der Waals surface area (Å²) in [6.45, 7) is 4.32. The number of ether oxygens (including phenoxy) is 2. The van der Waals surface area contributed by atoms with Gasteiger partial charge in [0.15, 0.2) is 0 Å². The third kappa shape index (κ3) is 6.29. The number of methoxy groups -OCH3 is 1. The van der Waals surface area contributed by atoms with Crippen LogP contribution in [0.15, 0.2) is 64.7 Å². The van der Waals surface area contributed by atoms with Crippen molar-refractivity contribution in [1.82, 2.24) is 19.3 Å². The molecule has 0 saturated carbocycles. The molecule has 1 aliphatic rings. The number of likely N-dealkylation sites (tertiary alicyclic amines) is 1. The Morgan fingerprint density at radius 2 is 1.95 bits per heavy atom. The summed E-state index contributed by atoms with van der Waals surface area (Å²) >= 11 is 5.98. The second-order valence-corrected chi connectivity index (χ2v) is 11.8. The normalized spacial score (nSPS) is 16.0. The largest absolute Gasteiger partial charge is 0.485 e. The molecule has 0 bridgehead atoms. The van der Waals surface area contributed by atoms with Crippen molar-refractivity contribution >= 4 is 33.0 Å². The molecule has 4 aromatic rings. The predicted octanol–water partition coefficient (Wildman–Crippen LogP) is 4.61. The molecule has 0 radical (unpaired) electrons. The van der Waals surface area contributed by atoms with E-state index in [-0.39, 0.29) is 32.8 Å². The molecule has 216 valence electrons. The van der Waals surface area contributed by atoms with Gasteiger partial charge in [0.25, 0.3) is 15.6 Å². The molecule has 3 aromatic heterocycles. The second-order valence-electron chi connectivity index (χ2n) is 9.76. The number of anilines is 1. The number of halogens is 2. The number of rotatable bonds is 9. The average molecular weight is 602 g/mol. The fourth-order valence-electron chi connectivity index (χ4n) is 4.83. The lowest BCUT2D eigenvalue weighted by atomic mass is 10.0. The quantitative estimate of drug-likeness (QED) is 0.296. The van der Waals surface area contributed by atoms with Gasteiger partial charge in [-0.05, 0) is 62.7 Å². The molecule has 1 saturated heterocycles. The lowest BCUT2D eigenvalue weighted by Crippen LogP contribution is -2.40. The topological polar surface area (TPSA) is 115 Å². The Bertz CT molecular complexity index is 1750. The zero-order valence-corrected chi connectivity index (χ0v) is 24.1. The molecule has 1 aromatic carbocycles. The number of pyridine rings is 2. The molecular weight excluding hydrogens is 573 g/mol. The third-order valence-corrected chi connectivity index (χ3v) is 8.90. The van der Waals surface area contributed by atoms with E-state index in [1.165, 1.54) is 36.4 Å². The zero-order chi connectivity index (χ0) is 29.1. The van der Waals surface area contributed by atoms with Crippen LogP contribution in [-0.2, 0) is 10.0 Å². The lowest BCUT2D eigenvalue weighted by molar-refractivity contribution is 0.132. The average Bonchev–Trinajstić information content (AvgIpc) is 2.94. The van der Waals surface area contributed by atoms with Gasteiger partial charge in [0.1, 0.15) is 28.7 Å². The highest BCUT2D eigenvalue weighted by molar-refractivity contribution is 7.92. The summed E-state index contributed by atoms with van der Waals surface area (Å²) in [5, 5.41) is -0.273. The molecule has 10 nitrogen and oxygen atoms in total. The van der Waals surface area contributed by atoms with E-state index in [4.69, 9.17) is 21.1 Å². The molecule has 1 aliphatic heterocycles. The highest BCUT2D eigenvalue weighted by Gasteiger charge is 2.22. The van der Waals surface area contributed by atoms with Crippen molar-refractivity contribution in [2.75, 3.05) is 31.5 Å². The van der Waals surface area contributed by atoms with E-state index in [9.17, 15) is 17.6 Å². The smallest absolute Gasteiger partial charge is 0.300 e. The molecular formula is C28H29ClFN5O5S. The van der Waals surface area contributed by atoms with Gasteiger partial charge < -0.3 is 9.47 Å². The first-order valence-corrected chi connectivity index (χ1v) is 14.9. The molecule has 5 rings (SSSR count). The minimum Gasteiger partial charge on any atom is -0.485 e. The minimum absolute atomic E-state index is 0.00823. The molecule has 41 heavy (non-hydrogen) atoms. The van der Waals surface area contributed by atoms with Crippen LogP contribution in [0.4, 0.5) is 10.1 Å². The fourth-order valence-corrected chi connectivity index (χ4v) is 6.41. The summed E-state index contributed by atoms with van der Waals surface area (Å²) in [5.41, 5.74) is 1.14. The number of hydrogen-bond donors (Lipinski definition) is 1. The molecule has 0 amide bonds. The third-order valence-electron chi connectivity index (χ3n) is 7.05. The van der Waals surface area contributed by atoms with Gasteiger partial charge in [-0.3, -0.25) is 18.8 Å². The Morgan fingerprint density at radius 3 is 2.71 bits per heavy atom. The Hall–Kier alpha value is -3.74. The van der Waals surface area contributed by atoms with Gasteiger partial charge in [0, 0.05) is 36.1 Å². The molecule has 13 heteroatoms. The molecule has 1 unspecified atom stereocenters. The van der Waals surface area contributed by atoms with Crippen molar-refractivity contribution in [3.8, 4) is 22.8 Å². The summed E-state index contributed by atoms with van der Waals surface area (Å²) in [6.07, 6.45) is 8.06. The Kier molecular flexibility index (Phi) is 8.43. The summed E-state index contributed by atoms with van der Waals surface area (Å²) in [7, 11) is -2.87. The van der Waals surface area contributed by atoms with E-state index >= 15 is 0 Å². The summed E-state index contributed by atoms with van der Waals surface area (Å²) in [4.78, 5) is 23.9. The van der Waals surface area contributed by atoms with Crippen LogP contribution < -0.4 is 19.8 Å². The predicted molar refractivity (Wildman–Crippen MR) is 154 cm³/mol. The number of hydrogen-bond acceptors (Lipinski definition) is 8. The van der Waals surface area contributed by atoms with Gasteiger partial charge in [0.2, 0.25) is 11.6 Å². The second kappa shape index (κ2) is 12.0. The standard InChI is InChI=1S/C28H29ClFN5O5S/c1-18-5-3-4-10-34(18)11-12-40-24-16-31-26-9-6-19(17-35(26)28(24)36)20-13-23(27(39-2)32-15-20)33-41(37,38)25-8-7-21(30)14-22(25)29/h6-9,13-18,33H,3-5,10-12H2,1-2H3. The van der Waals surface area contributed by atoms with Crippen LogP contribution in [0.3, 0.4) is 0 Å². The van der Waals surface area contributed by atoms with Gasteiger partial charge >= 0.3 is 0 Å². The van der Waals surface area contributed by atoms with Crippen LogP contribution in [0.5, 0.6) is 11.6 Å². The minimum atomic E-state index is -4.21. The van der Waals surface area contributed by atoms with Crippen LogP contribution >= 0.6 is 11.6 Å². The Morgan fingerprint density at radius 1 is 1.12 bits per heavy atom. The van der Waals surface area contributed by atoms with Gasteiger partial charge in [-0.1, -0.05) is 18.0 Å². The van der Waals surface area contributed by atoms with Crippen molar-refractivity contribution < 1.29 is 22.3 Å². The lowest BCUT2D eigenvalue weighted by Gasteiger charge is -2.32. The van der Waals surface area contributed by atoms with Crippen molar-refractivity contribution in [1.29, 1.82) is 0 Å². The van der Waals surface area contributed by atoms with Crippen molar-refractivity contribution in [2.45, 2.75) is 37.1 Å². The molecule has 0 spiro atoms. The maximum absolute atomic E-state index is 13.5. The summed E-state index contributed by atoms with van der Waals surface area (Å²) < 4.78 is 54.4. The Labute approximate surface area is 241 Å². The highest BCUT2D eigenvalue weighted by atomic mass is 35.5. The SMILES string of the molecule is COc1ncc(-c2ccc3ncc(OCCN4CCCCC4C)c(=O)n3c2)cc1NS(=O)(=O)c1ccc(F)cc1Cl. The number of aromatic nitrogens is 3. The van der Waals surface area contributed by atoms with Crippen LogP contribution in [0.1, 0.15) is 26.2 Å². The van der Waals surface area contributed by atoms with E-state index in [0.717, 1.165) is 44.1 Å². The number of nitrogens with zero attached hydrogens (tertiary/aromatic N) is 4. The molecule has 1 atom stereocenters. The van der Waals surface area contributed by atoms with Crippen LogP contribution in [0.25, 0.3) is 16.8 Å². The number of piperidine rings is 1. The highest BCUT2D eigenvalue weighted by Crippen LogP contribution is 2.32. The molecule has 1 N–H and O–H groups in total. The van der Waals surface area contributed by atoms with E-state index in [0.29, 0.717) is 29.4 Å². The first kappa shape index (κ1) is 28.8. The van der Waals surface area contributed by atoms with Gasteiger partial charge in [-0.25, -0.2) is 22.8 Å². The van der Waals surface area contributed by atoms with E-state index in [1.54, 1.807) is 18.3 Å². The van der Waals surface area contributed by atoms with Gasteiger partial charge in [0.05, 0.1) is 18.3 Å². The number of nitrogens with one attached hydrogen (secondary N) is 1. The first-order chi connectivity index (χ1) is 19.7. The monoisotopic (exact) mass is 601 g/mol. The summed E-state index contributed by atoms with van der Waals surface area (Å²) in [6, 6.07) is 8.39. The zero-order valence-electron chi connectivity index (χ0n) is 22.5. The van der Waals surface area contributed by atoms with E-state index in [2.05, 4.69) is 26.5 Å². The van der Waals surface area contributed by atoms with Crippen LogP contribution in [0.2, 0.25) is 5.02 Å². The maximum Gasteiger partial charge on any atom is 0.300 e. The number of sulfonamides is 1. The number of fused-ring (bicyclic) bond motifs is 1. The summed E-state index contributed by atoms with van der Waals surface area (Å²) in [5.74, 6) is -0.517. The maximum atomic E-state index is 13.5. The van der Waals surface area contributed by atoms with Crippen molar-refractivity contribution in [3.05, 3.63) is 76.2 Å². The molecule has 0 aliphatic carbocycles. The van der Waals surface area contributed by atoms with Crippen molar-refractivity contribution in [2.24, 2.45) is 0 Å². The van der Waals surface area contributed by atoms with Crippen molar-refractivity contribution in [3.63, 3.8) is 0 Å². The molecule has 4 heterocycles. The van der Waals surface area contributed by atoms with Crippen LogP contribution in [0, 0.1) is 5.82 Å². The number of benzene rings is 1. The first-order valence-electron chi connectivity index (χ1n) is 13.1. The Balaban J connectivity index is 1.41. The van der Waals surface area contributed by atoms with Gasteiger partial charge in [-0.2, -0.15) is 0 Å². The van der Waals surface area contributed by atoms with Gasteiger partial charge in [-0.15, -0.1) is 0 Å². The van der Waals surface area contributed by atoms with E-state index in [1.807, 2.05) is 0 Å². The van der Waals surface area contributed by atoms with E-state index < -0.39 is 15.8 Å².